The number of nitrogens with zero attached hydrogens (tertiary/aromatic N) is 2. The van der Waals surface area contributed by atoms with Crippen LogP contribution in [0.15, 0.2) is 36.5 Å². The number of hydrogen-bond acceptors (Lipinski definition) is 5. The van der Waals surface area contributed by atoms with E-state index < -0.39 is 5.79 Å². The summed E-state index contributed by atoms with van der Waals surface area (Å²) in [4.78, 5) is 17.5. The predicted octanol–water partition coefficient (Wildman–Crippen LogP) is 2.99. The monoisotopic (exact) mass is 428 g/mol. The molecule has 0 fully saturated rings. The van der Waals surface area contributed by atoms with E-state index in [0.717, 1.165) is 27.6 Å². The van der Waals surface area contributed by atoms with Crippen molar-refractivity contribution in [3.05, 3.63) is 47.7 Å². The number of fused-ring (bicyclic) bond motifs is 1. The van der Waals surface area contributed by atoms with E-state index >= 15 is 0 Å². The van der Waals surface area contributed by atoms with Gasteiger partial charge in [0.15, 0.2) is 5.79 Å². The van der Waals surface area contributed by atoms with Crippen LogP contribution >= 0.6 is 9.24 Å². The van der Waals surface area contributed by atoms with Gasteiger partial charge in [-0.05, 0) is 50.7 Å². The van der Waals surface area contributed by atoms with Gasteiger partial charge >= 0.3 is 0 Å². The Morgan fingerprint density at radius 1 is 1.33 bits per heavy atom. The van der Waals surface area contributed by atoms with Crippen LogP contribution in [-0.2, 0) is 11.8 Å². The maximum atomic E-state index is 13.1. The number of rotatable bonds is 8. The third-order valence-electron chi connectivity index (χ3n) is 4.70. The smallest absolute Gasteiger partial charge is 0.255 e. The van der Waals surface area contributed by atoms with Crippen LogP contribution in [0.4, 0.5) is 11.5 Å². The van der Waals surface area contributed by atoms with Crippen molar-refractivity contribution in [1.82, 2.24) is 14.9 Å². The molecule has 3 rings (SSSR count). The zero-order valence-corrected chi connectivity index (χ0v) is 19.0. The second-order valence-corrected chi connectivity index (χ2v) is 8.40. The fraction of sp³-hybridized carbons (Fsp3) is 0.364. The Morgan fingerprint density at radius 2 is 2.10 bits per heavy atom. The number of pyridine rings is 1. The van der Waals surface area contributed by atoms with E-state index in [1.165, 1.54) is 0 Å². The SMILES string of the molecule is Cc1ccc(Nc2c(C(=O)NCCCOC(C)(C)O)c3cccnc3n2C)c(P)c1. The largest absolute Gasteiger partial charge is 0.366 e. The molecule has 0 radical (unpaired) electrons. The van der Waals surface area contributed by atoms with Crippen molar-refractivity contribution < 1.29 is 14.6 Å². The number of benzene rings is 1. The van der Waals surface area contributed by atoms with Crippen LogP contribution in [0.25, 0.3) is 11.0 Å². The summed E-state index contributed by atoms with van der Waals surface area (Å²) >= 11 is 0. The number of anilines is 2. The van der Waals surface area contributed by atoms with Crippen molar-refractivity contribution in [3.8, 4) is 0 Å². The molecular weight excluding hydrogens is 399 g/mol. The third kappa shape index (κ3) is 5.17. The average molecular weight is 428 g/mol. The topological polar surface area (TPSA) is 88.4 Å². The van der Waals surface area contributed by atoms with Gasteiger partial charge in [-0.2, -0.15) is 0 Å². The second-order valence-electron chi connectivity index (χ2n) is 7.78. The highest BCUT2D eigenvalue weighted by molar-refractivity contribution is 7.28. The summed E-state index contributed by atoms with van der Waals surface area (Å²) in [6.07, 6.45) is 2.31. The van der Waals surface area contributed by atoms with Crippen molar-refractivity contribution in [1.29, 1.82) is 0 Å². The van der Waals surface area contributed by atoms with Crippen LogP contribution in [0.2, 0.25) is 0 Å². The van der Waals surface area contributed by atoms with Gasteiger partial charge in [0.05, 0.1) is 12.2 Å². The van der Waals surface area contributed by atoms with E-state index in [9.17, 15) is 9.90 Å². The lowest BCUT2D eigenvalue weighted by molar-refractivity contribution is -0.175. The van der Waals surface area contributed by atoms with Crippen molar-refractivity contribution in [3.63, 3.8) is 0 Å². The number of nitrogens with one attached hydrogen (secondary N) is 2. The van der Waals surface area contributed by atoms with Gasteiger partial charge in [-0.15, -0.1) is 9.24 Å². The summed E-state index contributed by atoms with van der Waals surface area (Å²) in [5.74, 6) is -0.676. The van der Waals surface area contributed by atoms with E-state index in [4.69, 9.17) is 4.74 Å². The number of aliphatic hydroxyl groups is 1. The summed E-state index contributed by atoms with van der Waals surface area (Å²) in [6, 6.07) is 9.82. The minimum absolute atomic E-state index is 0.184. The first-order chi connectivity index (χ1) is 14.2. The molecule has 0 saturated carbocycles. The molecule has 0 bridgehead atoms. The number of carbonyl (C=O) groups is 1. The maximum absolute atomic E-state index is 13.1. The normalized spacial score (nSPS) is 11.7. The maximum Gasteiger partial charge on any atom is 0.255 e. The van der Waals surface area contributed by atoms with E-state index in [0.29, 0.717) is 31.0 Å². The van der Waals surface area contributed by atoms with Crippen LogP contribution in [0.3, 0.4) is 0 Å². The number of carbonyl (C=O) groups excluding carboxylic acids is 1. The molecule has 0 aliphatic carbocycles. The van der Waals surface area contributed by atoms with Crippen LogP contribution in [0.1, 0.15) is 36.2 Å². The molecule has 2 aromatic heterocycles. The minimum atomic E-state index is -1.17. The number of ether oxygens (including phenoxy) is 1. The highest BCUT2D eigenvalue weighted by Crippen LogP contribution is 2.30. The molecule has 3 aromatic rings. The van der Waals surface area contributed by atoms with Gasteiger partial charge in [0, 0.05) is 30.9 Å². The van der Waals surface area contributed by atoms with Gasteiger partial charge < -0.3 is 25.0 Å². The average Bonchev–Trinajstić information content (AvgIpc) is 2.95. The summed E-state index contributed by atoms with van der Waals surface area (Å²) < 4.78 is 7.19. The van der Waals surface area contributed by atoms with E-state index in [-0.39, 0.29) is 5.91 Å². The molecule has 1 atom stereocenters. The standard InChI is InChI=1S/C22H29N4O3P/c1-14-8-9-16(17(30)13-14)25-20-18(15-7-5-10-23-19(15)26(20)4)21(27)24-11-6-12-29-22(2,3)28/h5,7-10,13,25,28H,6,11-12,30H2,1-4H3,(H,24,27). The first-order valence-corrected chi connectivity index (χ1v) is 10.5. The molecule has 160 valence electrons. The molecule has 2 heterocycles. The van der Waals surface area contributed by atoms with Gasteiger partial charge in [0.25, 0.3) is 5.91 Å². The van der Waals surface area contributed by atoms with E-state index in [1.807, 2.05) is 42.8 Å². The summed E-state index contributed by atoms with van der Waals surface area (Å²) in [5.41, 5.74) is 3.35. The summed E-state index contributed by atoms with van der Waals surface area (Å²) in [7, 11) is 4.62. The van der Waals surface area contributed by atoms with Crippen molar-refractivity contribution in [2.45, 2.75) is 33.0 Å². The third-order valence-corrected chi connectivity index (χ3v) is 5.17. The highest BCUT2D eigenvalue weighted by Gasteiger charge is 2.22. The van der Waals surface area contributed by atoms with Gasteiger partial charge in [-0.3, -0.25) is 4.79 Å². The van der Waals surface area contributed by atoms with Crippen molar-refractivity contribution in [2.24, 2.45) is 7.05 Å². The van der Waals surface area contributed by atoms with Crippen LogP contribution in [-0.4, -0.2) is 39.5 Å². The Labute approximate surface area is 179 Å². The number of aryl methyl sites for hydroxylation is 2. The van der Waals surface area contributed by atoms with Gasteiger partial charge in [-0.1, -0.05) is 17.7 Å². The van der Waals surface area contributed by atoms with Crippen LogP contribution in [0, 0.1) is 6.92 Å². The van der Waals surface area contributed by atoms with E-state index in [1.54, 1.807) is 20.0 Å². The lowest BCUT2D eigenvalue weighted by atomic mass is 10.1. The lowest BCUT2D eigenvalue weighted by Gasteiger charge is -2.18. The lowest BCUT2D eigenvalue weighted by Crippen LogP contribution is -2.28. The van der Waals surface area contributed by atoms with Gasteiger partial charge in [-0.25, -0.2) is 4.98 Å². The first-order valence-electron chi connectivity index (χ1n) is 9.88. The highest BCUT2D eigenvalue weighted by atomic mass is 31.0. The number of amides is 1. The van der Waals surface area contributed by atoms with Crippen molar-refractivity contribution >= 4 is 43.0 Å². The zero-order valence-electron chi connectivity index (χ0n) is 17.8. The molecule has 0 aliphatic heterocycles. The molecule has 30 heavy (non-hydrogen) atoms. The van der Waals surface area contributed by atoms with Crippen LogP contribution < -0.4 is 15.9 Å². The molecule has 8 heteroatoms. The molecule has 1 amide bonds. The Morgan fingerprint density at radius 3 is 2.80 bits per heavy atom. The van der Waals surface area contributed by atoms with E-state index in [2.05, 4.69) is 30.9 Å². The van der Waals surface area contributed by atoms with Gasteiger partial charge in [0.2, 0.25) is 0 Å². The Bertz CT molecular complexity index is 1060. The molecule has 0 spiro atoms. The summed E-state index contributed by atoms with van der Waals surface area (Å²) in [6.45, 7) is 5.99. The zero-order chi connectivity index (χ0) is 21.9. The molecule has 1 unspecified atom stereocenters. The quantitative estimate of drug-likeness (QED) is 0.292. The Hall–Kier alpha value is -2.47. The number of aromatic nitrogens is 2. The summed E-state index contributed by atoms with van der Waals surface area (Å²) in [5, 5.41) is 17.8. The van der Waals surface area contributed by atoms with Crippen LogP contribution in [0.5, 0.6) is 0 Å². The fourth-order valence-corrected chi connectivity index (χ4v) is 3.68. The first kappa shape index (κ1) is 22.2. The fourth-order valence-electron chi connectivity index (χ4n) is 3.24. The second kappa shape index (κ2) is 9.13. The predicted molar refractivity (Wildman–Crippen MR) is 124 cm³/mol. The van der Waals surface area contributed by atoms with Crippen molar-refractivity contribution in [2.75, 3.05) is 18.5 Å². The Balaban J connectivity index is 1.85. The minimum Gasteiger partial charge on any atom is -0.366 e. The molecule has 3 N–H and O–H groups in total. The molecule has 0 aliphatic rings. The number of hydrogen-bond donors (Lipinski definition) is 3. The van der Waals surface area contributed by atoms with Gasteiger partial charge in [0.1, 0.15) is 11.5 Å². The molecular formula is C22H29N4O3P. The molecule has 1 aromatic carbocycles. The molecule has 0 saturated heterocycles. The Kier molecular flexibility index (Phi) is 6.76. The molecule has 7 nitrogen and oxygen atoms in total.